The molecule has 1 aliphatic heterocycles. The lowest BCUT2D eigenvalue weighted by Gasteiger charge is -2.25. The van der Waals surface area contributed by atoms with Crippen LogP contribution in [0.1, 0.15) is 70.2 Å². The normalized spacial score (nSPS) is 15.2. The first-order valence-corrected chi connectivity index (χ1v) is 14.0. The molecule has 2 heterocycles. The number of hydrogen-bond donors (Lipinski definition) is 0. The third kappa shape index (κ3) is 6.09. The maximum Gasteiger partial charge on any atom is 0.338 e. The van der Waals surface area contributed by atoms with Gasteiger partial charge in [-0.3, -0.25) is 14.2 Å². The number of allylic oxidation sites excluding steroid dienone is 1. The summed E-state index contributed by atoms with van der Waals surface area (Å²) < 4.78 is 18.4. The van der Waals surface area contributed by atoms with E-state index in [4.69, 9.17) is 14.2 Å². The molecule has 210 valence electrons. The highest BCUT2D eigenvalue weighted by atomic mass is 32.1. The third-order valence-corrected chi connectivity index (χ3v) is 7.43. The number of ether oxygens (including phenoxy) is 3. The number of aromatic nitrogens is 1. The summed E-state index contributed by atoms with van der Waals surface area (Å²) >= 11 is 1.26. The first-order chi connectivity index (χ1) is 19.0. The van der Waals surface area contributed by atoms with Crippen molar-refractivity contribution in [3.05, 3.63) is 90.1 Å². The summed E-state index contributed by atoms with van der Waals surface area (Å²) in [5, 5.41) is 0. The molecule has 0 saturated carbocycles. The maximum atomic E-state index is 13.9. The van der Waals surface area contributed by atoms with Gasteiger partial charge in [0.15, 0.2) is 16.3 Å². The largest absolute Gasteiger partial charge is 0.493 e. The van der Waals surface area contributed by atoms with E-state index in [2.05, 4.69) is 31.0 Å². The van der Waals surface area contributed by atoms with Gasteiger partial charge in [-0.25, -0.2) is 9.79 Å². The van der Waals surface area contributed by atoms with Crippen molar-refractivity contribution in [3.8, 4) is 11.5 Å². The van der Waals surface area contributed by atoms with Gasteiger partial charge in [0.2, 0.25) is 0 Å². The molecule has 1 aliphatic rings. The van der Waals surface area contributed by atoms with Gasteiger partial charge in [0.05, 0.1) is 35.6 Å². The van der Waals surface area contributed by atoms with Gasteiger partial charge in [-0.15, -0.1) is 0 Å². The topological polar surface area (TPSA) is 96.2 Å². The van der Waals surface area contributed by atoms with Crippen molar-refractivity contribution < 1.29 is 23.8 Å². The Kier molecular flexibility index (Phi) is 8.73. The van der Waals surface area contributed by atoms with Crippen LogP contribution in [0.25, 0.3) is 6.08 Å². The minimum Gasteiger partial charge on any atom is -0.493 e. The number of benzene rings is 2. The summed E-state index contributed by atoms with van der Waals surface area (Å²) in [4.78, 5) is 44.0. The molecule has 1 aromatic heterocycles. The molecule has 0 spiro atoms. The number of methoxy groups -OCH3 is 1. The molecule has 8 nitrogen and oxygen atoms in total. The second-order valence-corrected chi connectivity index (χ2v) is 11.4. The van der Waals surface area contributed by atoms with Crippen LogP contribution in [0, 0.1) is 5.92 Å². The van der Waals surface area contributed by atoms with Crippen LogP contribution in [0.4, 0.5) is 0 Å². The second-order valence-electron chi connectivity index (χ2n) is 10.4. The van der Waals surface area contributed by atoms with Crippen molar-refractivity contribution >= 4 is 29.4 Å². The SMILES string of the molecule is COc1cc([C@H]2C(C(=O)OCC(C)C)=C(C)N=c3s/c(=C\c4ccc(C(C)C)cc4)c(=O)n32)ccc1OC(C)=O. The van der Waals surface area contributed by atoms with Gasteiger partial charge in [-0.2, -0.15) is 0 Å². The fraction of sp³-hybridized carbons (Fsp3) is 0.355. The van der Waals surface area contributed by atoms with Crippen LogP contribution in [0.3, 0.4) is 0 Å². The van der Waals surface area contributed by atoms with E-state index in [9.17, 15) is 14.4 Å². The summed E-state index contributed by atoms with van der Waals surface area (Å²) in [5.41, 5.74) is 3.16. The van der Waals surface area contributed by atoms with Crippen molar-refractivity contribution in [2.24, 2.45) is 10.9 Å². The number of fused-ring (bicyclic) bond motifs is 1. The van der Waals surface area contributed by atoms with E-state index in [1.165, 1.54) is 35.5 Å². The Bertz CT molecular complexity index is 1640. The van der Waals surface area contributed by atoms with Gasteiger partial charge in [0.1, 0.15) is 0 Å². The fourth-order valence-electron chi connectivity index (χ4n) is 4.44. The molecule has 40 heavy (non-hydrogen) atoms. The molecule has 0 radical (unpaired) electrons. The molecule has 2 aromatic carbocycles. The number of thiazole rings is 1. The first-order valence-electron chi connectivity index (χ1n) is 13.2. The van der Waals surface area contributed by atoms with Crippen LogP contribution in [-0.2, 0) is 14.3 Å². The van der Waals surface area contributed by atoms with Crippen molar-refractivity contribution in [2.75, 3.05) is 13.7 Å². The zero-order valence-corrected chi connectivity index (χ0v) is 24.6. The van der Waals surface area contributed by atoms with Crippen LogP contribution in [0.5, 0.6) is 11.5 Å². The lowest BCUT2D eigenvalue weighted by molar-refractivity contribution is -0.140. The van der Waals surface area contributed by atoms with Gasteiger partial charge in [-0.05, 0) is 53.7 Å². The zero-order chi connectivity index (χ0) is 29.1. The van der Waals surface area contributed by atoms with Crippen molar-refractivity contribution in [1.82, 2.24) is 4.57 Å². The van der Waals surface area contributed by atoms with Crippen LogP contribution in [0.2, 0.25) is 0 Å². The summed E-state index contributed by atoms with van der Waals surface area (Å²) in [5.74, 6) is 0.0380. The molecule has 0 unspecified atom stereocenters. The molecule has 0 saturated heterocycles. The Morgan fingerprint density at radius 3 is 2.38 bits per heavy atom. The van der Waals surface area contributed by atoms with Crippen LogP contribution >= 0.6 is 11.3 Å². The summed E-state index contributed by atoms with van der Waals surface area (Å²) in [7, 11) is 1.46. The highest BCUT2D eigenvalue weighted by molar-refractivity contribution is 7.07. The van der Waals surface area contributed by atoms with E-state index in [-0.39, 0.29) is 29.4 Å². The fourth-order valence-corrected chi connectivity index (χ4v) is 5.49. The molecule has 0 N–H and O–H groups in total. The molecule has 0 aliphatic carbocycles. The second kappa shape index (κ2) is 12.0. The molecule has 3 aromatic rings. The van der Waals surface area contributed by atoms with Crippen LogP contribution in [0.15, 0.2) is 63.5 Å². The summed E-state index contributed by atoms with van der Waals surface area (Å²) in [6.07, 6.45) is 1.84. The van der Waals surface area contributed by atoms with Crippen LogP contribution < -0.4 is 24.4 Å². The third-order valence-electron chi connectivity index (χ3n) is 6.45. The molecular weight excluding hydrogens is 528 g/mol. The molecule has 0 fully saturated rings. The van der Waals surface area contributed by atoms with Crippen molar-refractivity contribution in [3.63, 3.8) is 0 Å². The van der Waals surface area contributed by atoms with E-state index >= 15 is 0 Å². The molecule has 4 rings (SSSR count). The lowest BCUT2D eigenvalue weighted by atomic mass is 9.95. The average Bonchev–Trinajstić information content (AvgIpc) is 3.20. The minimum atomic E-state index is -0.818. The number of esters is 2. The van der Waals surface area contributed by atoms with E-state index in [1.807, 2.05) is 32.1 Å². The average molecular weight is 563 g/mol. The highest BCUT2D eigenvalue weighted by Gasteiger charge is 2.34. The van der Waals surface area contributed by atoms with E-state index in [0.29, 0.717) is 32.3 Å². The Morgan fingerprint density at radius 2 is 1.77 bits per heavy atom. The number of carbonyl (C=O) groups excluding carboxylic acids is 2. The number of nitrogens with zero attached hydrogens (tertiary/aromatic N) is 2. The molecule has 1 atom stereocenters. The van der Waals surface area contributed by atoms with Gasteiger partial charge in [0.25, 0.3) is 5.56 Å². The lowest BCUT2D eigenvalue weighted by Crippen LogP contribution is -2.40. The maximum absolute atomic E-state index is 13.9. The molecule has 9 heteroatoms. The Morgan fingerprint density at radius 1 is 1.07 bits per heavy atom. The monoisotopic (exact) mass is 562 g/mol. The zero-order valence-electron chi connectivity index (χ0n) is 23.8. The Balaban J connectivity index is 1.90. The predicted octanol–water partition coefficient (Wildman–Crippen LogP) is 4.49. The summed E-state index contributed by atoms with van der Waals surface area (Å²) in [6.45, 7) is 11.4. The molecule has 0 bridgehead atoms. The number of rotatable bonds is 8. The minimum absolute atomic E-state index is 0.134. The summed E-state index contributed by atoms with van der Waals surface area (Å²) in [6, 6.07) is 12.2. The number of carbonyl (C=O) groups is 2. The standard InChI is InChI=1S/C31H34N2O6S/c1-17(2)16-38-30(36)27-19(5)32-31-33(28(27)23-12-13-24(39-20(6)34)25(15-23)37-7)29(35)26(40-31)14-21-8-10-22(11-9-21)18(3)4/h8-15,17-18,28H,16H2,1-7H3/b26-14-/t28-/m0/s1. The smallest absolute Gasteiger partial charge is 0.338 e. The predicted molar refractivity (Wildman–Crippen MR) is 154 cm³/mol. The van der Waals surface area contributed by atoms with Crippen molar-refractivity contribution in [2.45, 2.75) is 53.5 Å². The van der Waals surface area contributed by atoms with Crippen LogP contribution in [-0.4, -0.2) is 30.2 Å². The van der Waals surface area contributed by atoms with Gasteiger partial charge in [0, 0.05) is 6.92 Å². The van der Waals surface area contributed by atoms with Crippen molar-refractivity contribution in [1.29, 1.82) is 0 Å². The molecular formula is C31H34N2O6S. The Labute approximate surface area is 237 Å². The van der Waals surface area contributed by atoms with Gasteiger partial charge >= 0.3 is 11.9 Å². The quantitative estimate of drug-likeness (QED) is 0.297. The van der Waals surface area contributed by atoms with E-state index in [0.717, 1.165) is 5.56 Å². The van der Waals surface area contributed by atoms with Gasteiger partial charge < -0.3 is 14.2 Å². The van der Waals surface area contributed by atoms with E-state index in [1.54, 1.807) is 25.1 Å². The van der Waals surface area contributed by atoms with E-state index < -0.39 is 18.0 Å². The van der Waals surface area contributed by atoms with Gasteiger partial charge in [-0.1, -0.05) is 69.4 Å². The molecule has 0 amide bonds. The number of hydrogen-bond acceptors (Lipinski definition) is 8. The highest BCUT2D eigenvalue weighted by Crippen LogP contribution is 2.36. The first kappa shape index (κ1) is 29.0. The Hall–Kier alpha value is -3.98.